The first kappa shape index (κ1) is 14.7. The molecule has 0 fully saturated rings. The van der Waals surface area contributed by atoms with Crippen LogP contribution in [0.3, 0.4) is 0 Å². The number of benzene rings is 1. The van der Waals surface area contributed by atoms with Gasteiger partial charge in [0.15, 0.2) is 10.2 Å². The van der Waals surface area contributed by atoms with E-state index < -0.39 is 0 Å². The van der Waals surface area contributed by atoms with Crippen molar-refractivity contribution in [2.45, 2.75) is 0 Å². The average Bonchev–Trinajstić information content (AvgIpc) is 2.91. The minimum atomic E-state index is -0.358. The highest BCUT2D eigenvalue weighted by Gasteiger charge is 2.11. The van der Waals surface area contributed by atoms with Gasteiger partial charge in [-0.25, -0.2) is 4.98 Å². The highest BCUT2D eigenvalue weighted by atomic mass is 35.5. The molecule has 0 saturated carbocycles. The number of rotatable bonds is 3. The van der Waals surface area contributed by atoms with E-state index in [1.807, 2.05) is 0 Å². The fourth-order valence-electron chi connectivity index (χ4n) is 1.40. The Morgan fingerprint density at radius 2 is 2.30 bits per heavy atom. The molecule has 1 aromatic carbocycles. The number of amides is 1. The SMILES string of the molecule is COc1ccc(C(=O)NC(=S)Nc2nccs2)cc1Cl. The van der Waals surface area contributed by atoms with Crippen LogP contribution < -0.4 is 15.4 Å². The maximum atomic E-state index is 12.0. The fraction of sp³-hybridized carbons (Fsp3) is 0.0833. The number of hydrogen-bond donors (Lipinski definition) is 2. The van der Waals surface area contributed by atoms with Crippen molar-refractivity contribution < 1.29 is 9.53 Å². The molecule has 0 bridgehead atoms. The predicted octanol–water partition coefficient (Wildman–Crippen LogP) is 2.93. The van der Waals surface area contributed by atoms with E-state index in [0.29, 0.717) is 21.5 Å². The minimum absolute atomic E-state index is 0.178. The summed E-state index contributed by atoms with van der Waals surface area (Å²) in [7, 11) is 1.51. The summed E-state index contributed by atoms with van der Waals surface area (Å²) < 4.78 is 5.02. The molecule has 0 unspecified atom stereocenters. The molecular formula is C12H10ClN3O2S2. The molecule has 0 radical (unpaired) electrons. The van der Waals surface area contributed by atoms with E-state index >= 15 is 0 Å². The zero-order valence-corrected chi connectivity index (χ0v) is 12.7. The molecule has 104 valence electrons. The highest BCUT2D eigenvalue weighted by molar-refractivity contribution is 7.80. The Hall–Kier alpha value is -1.70. The monoisotopic (exact) mass is 327 g/mol. The van der Waals surface area contributed by atoms with Crippen molar-refractivity contribution >= 4 is 51.3 Å². The van der Waals surface area contributed by atoms with Crippen molar-refractivity contribution in [2.24, 2.45) is 0 Å². The number of carbonyl (C=O) groups excluding carboxylic acids is 1. The molecule has 20 heavy (non-hydrogen) atoms. The van der Waals surface area contributed by atoms with Crippen LogP contribution in [0.4, 0.5) is 5.13 Å². The fourth-order valence-corrected chi connectivity index (χ4v) is 2.44. The van der Waals surface area contributed by atoms with Crippen LogP contribution in [0.25, 0.3) is 0 Å². The number of ether oxygens (including phenoxy) is 1. The van der Waals surface area contributed by atoms with Gasteiger partial charge in [0.2, 0.25) is 0 Å². The van der Waals surface area contributed by atoms with Gasteiger partial charge in [0.05, 0.1) is 12.1 Å². The van der Waals surface area contributed by atoms with Gasteiger partial charge < -0.3 is 10.1 Å². The molecule has 1 aromatic heterocycles. The third-order valence-corrected chi connectivity index (χ3v) is 3.48. The van der Waals surface area contributed by atoms with Crippen LogP contribution in [0, 0.1) is 0 Å². The van der Waals surface area contributed by atoms with Crippen molar-refractivity contribution in [3.63, 3.8) is 0 Å². The van der Waals surface area contributed by atoms with Gasteiger partial charge in [-0.05, 0) is 30.4 Å². The van der Waals surface area contributed by atoms with Crippen molar-refractivity contribution in [3.8, 4) is 5.75 Å². The Kier molecular flexibility index (Phi) is 4.89. The van der Waals surface area contributed by atoms with E-state index in [0.717, 1.165) is 0 Å². The van der Waals surface area contributed by atoms with Crippen LogP contribution in [0.5, 0.6) is 5.75 Å². The first-order valence-corrected chi connectivity index (χ1v) is 7.12. The number of thiazole rings is 1. The lowest BCUT2D eigenvalue weighted by Crippen LogP contribution is -2.34. The Morgan fingerprint density at radius 3 is 2.90 bits per heavy atom. The molecule has 5 nitrogen and oxygen atoms in total. The normalized spacial score (nSPS) is 9.90. The summed E-state index contributed by atoms with van der Waals surface area (Å²) in [6.07, 6.45) is 1.64. The number of thiocarbonyl (C=S) groups is 1. The van der Waals surface area contributed by atoms with Crippen LogP contribution in [-0.4, -0.2) is 23.1 Å². The van der Waals surface area contributed by atoms with Gasteiger partial charge in [-0.3, -0.25) is 10.1 Å². The Labute approximate surface area is 129 Å². The molecule has 0 aliphatic rings. The second kappa shape index (κ2) is 6.65. The molecule has 0 aliphatic heterocycles. The molecule has 0 saturated heterocycles. The van der Waals surface area contributed by atoms with E-state index in [4.69, 9.17) is 28.6 Å². The van der Waals surface area contributed by atoms with E-state index in [1.165, 1.54) is 24.5 Å². The summed E-state index contributed by atoms with van der Waals surface area (Å²) in [5.41, 5.74) is 0.388. The zero-order chi connectivity index (χ0) is 14.5. The van der Waals surface area contributed by atoms with E-state index in [9.17, 15) is 4.79 Å². The highest BCUT2D eigenvalue weighted by Crippen LogP contribution is 2.24. The number of methoxy groups -OCH3 is 1. The number of nitrogens with zero attached hydrogens (tertiary/aromatic N) is 1. The van der Waals surface area contributed by atoms with Gasteiger partial charge in [0, 0.05) is 17.1 Å². The zero-order valence-electron chi connectivity index (χ0n) is 10.3. The predicted molar refractivity (Wildman–Crippen MR) is 83.8 cm³/mol. The summed E-state index contributed by atoms with van der Waals surface area (Å²) in [6.45, 7) is 0. The summed E-state index contributed by atoms with van der Waals surface area (Å²) in [5, 5.41) is 8.31. The number of nitrogens with one attached hydrogen (secondary N) is 2. The maximum absolute atomic E-state index is 12.0. The number of anilines is 1. The Bertz CT molecular complexity index is 632. The van der Waals surface area contributed by atoms with Crippen LogP contribution in [-0.2, 0) is 0 Å². The number of carbonyl (C=O) groups is 1. The minimum Gasteiger partial charge on any atom is -0.495 e. The molecule has 2 N–H and O–H groups in total. The molecule has 0 atom stereocenters. The number of aromatic nitrogens is 1. The molecule has 0 spiro atoms. The Morgan fingerprint density at radius 1 is 1.50 bits per heavy atom. The van der Waals surface area contributed by atoms with Gasteiger partial charge in [0.1, 0.15) is 5.75 Å². The van der Waals surface area contributed by atoms with Crippen LogP contribution >= 0.6 is 35.2 Å². The largest absolute Gasteiger partial charge is 0.495 e. The molecule has 1 amide bonds. The lowest BCUT2D eigenvalue weighted by molar-refractivity contribution is 0.0977. The second-order valence-electron chi connectivity index (χ2n) is 3.59. The van der Waals surface area contributed by atoms with Gasteiger partial charge in [-0.1, -0.05) is 11.6 Å². The second-order valence-corrected chi connectivity index (χ2v) is 5.30. The lowest BCUT2D eigenvalue weighted by atomic mass is 10.2. The van der Waals surface area contributed by atoms with Crippen molar-refractivity contribution in [1.29, 1.82) is 0 Å². The Balaban J connectivity index is 2.01. The van der Waals surface area contributed by atoms with Crippen molar-refractivity contribution in [2.75, 3.05) is 12.4 Å². The van der Waals surface area contributed by atoms with E-state index in [-0.39, 0.29) is 11.0 Å². The molecular weight excluding hydrogens is 318 g/mol. The topological polar surface area (TPSA) is 63.2 Å². The third-order valence-electron chi connectivity index (χ3n) is 2.29. The standard InChI is InChI=1S/C12H10ClN3O2S2/c1-18-9-3-2-7(6-8(9)13)10(17)15-11(19)16-12-14-4-5-20-12/h2-6H,1H3,(H2,14,15,16,17,19). The van der Waals surface area contributed by atoms with Gasteiger partial charge in [0.25, 0.3) is 5.91 Å². The van der Waals surface area contributed by atoms with E-state index in [2.05, 4.69) is 15.6 Å². The third kappa shape index (κ3) is 3.66. The number of halogens is 1. The maximum Gasteiger partial charge on any atom is 0.257 e. The van der Waals surface area contributed by atoms with Crippen molar-refractivity contribution in [1.82, 2.24) is 10.3 Å². The summed E-state index contributed by atoms with van der Waals surface area (Å²) in [4.78, 5) is 16.0. The van der Waals surface area contributed by atoms with Crippen molar-refractivity contribution in [3.05, 3.63) is 40.4 Å². The molecule has 2 rings (SSSR count). The van der Waals surface area contributed by atoms with Crippen LogP contribution in [0.1, 0.15) is 10.4 Å². The summed E-state index contributed by atoms with van der Waals surface area (Å²) in [6, 6.07) is 4.74. The molecule has 1 heterocycles. The number of hydrogen-bond acceptors (Lipinski definition) is 5. The van der Waals surface area contributed by atoms with Crippen LogP contribution in [0.2, 0.25) is 5.02 Å². The van der Waals surface area contributed by atoms with Gasteiger partial charge in [-0.15, -0.1) is 11.3 Å². The van der Waals surface area contributed by atoms with Crippen LogP contribution in [0.15, 0.2) is 29.8 Å². The molecule has 2 aromatic rings. The van der Waals surface area contributed by atoms with Gasteiger partial charge in [-0.2, -0.15) is 0 Å². The quantitative estimate of drug-likeness (QED) is 0.849. The smallest absolute Gasteiger partial charge is 0.257 e. The average molecular weight is 328 g/mol. The van der Waals surface area contributed by atoms with Gasteiger partial charge >= 0.3 is 0 Å². The van der Waals surface area contributed by atoms with E-state index in [1.54, 1.807) is 23.7 Å². The first-order valence-electron chi connectivity index (χ1n) is 5.45. The lowest BCUT2D eigenvalue weighted by Gasteiger charge is -2.08. The molecule has 8 heteroatoms. The first-order chi connectivity index (χ1) is 9.60. The summed E-state index contributed by atoms with van der Waals surface area (Å²) >= 11 is 12.4. The summed E-state index contributed by atoms with van der Waals surface area (Å²) in [5.74, 6) is 0.148. The molecule has 0 aliphatic carbocycles.